The fourth-order valence-electron chi connectivity index (χ4n) is 1.89. The molecule has 132 valence electrons. The van der Waals surface area contributed by atoms with E-state index in [4.69, 9.17) is 0 Å². The van der Waals surface area contributed by atoms with Gasteiger partial charge in [-0.1, -0.05) is 13.3 Å². The van der Waals surface area contributed by atoms with Gasteiger partial charge in [-0.3, -0.25) is 4.99 Å². The maximum atomic E-state index is 11.2. The monoisotopic (exact) mass is 334 g/mol. The fraction of sp³-hybridized carbons (Fsp3) is 0.933. The third kappa shape index (κ3) is 12.9. The summed E-state index contributed by atoms with van der Waals surface area (Å²) in [6.07, 6.45) is 4.27. The molecule has 0 radical (unpaired) electrons. The Morgan fingerprint density at radius 3 is 2.50 bits per heavy atom. The molecule has 6 nitrogen and oxygen atoms in total. The molecule has 1 atom stereocenters. The molecule has 7 heteroatoms. The van der Waals surface area contributed by atoms with Gasteiger partial charge in [0.05, 0.1) is 12.3 Å². The molecule has 1 unspecified atom stereocenters. The van der Waals surface area contributed by atoms with E-state index in [0.717, 1.165) is 32.1 Å². The van der Waals surface area contributed by atoms with Crippen molar-refractivity contribution in [3.05, 3.63) is 0 Å². The lowest BCUT2D eigenvalue weighted by atomic mass is 10.3. The summed E-state index contributed by atoms with van der Waals surface area (Å²) < 4.78 is 22.4. The minimum Gasteiger partial charge on any atom is -0.357 e. The lowest BCUT2D eigenvalue weighted by molar-refractivity contribution is 0.337. The smallest absolute Gasteiger partial charge is 0.191 e. The lowest BCUT2D eigenvalue weighted by Crippen LogP contribution is -2.43. The summed E-state index contributed by atoms with van der Waals surface area (Å²) in [6, 6.07) is 0.0744. The zero-order valence-corrected chi connectivity index (χ0v) is 15.7. The fourth-order valence-corrected chi connectivity index (χ4v) is 2.67. The largest absolute Gasteiger partial charge is 0.357 e. The second kappa shape index (κ2) is 11.7. The highest BCUT2D eigenvalue weighted by atomic mass is 32.2. The van der Waals surface area contributed by atoms with E-state index in [2.05, 4.69) is 34.5 Å². The molecule has 22 heavy (non-hydrogen) atoms. The van der Waals surface area contributed by atoms with Crippen LogP contribution >= 0.6 is 0 Å². The molecule has 0 bridgehead atoms. The standard InChI is InChI=1S/C15H34N4O2S/c1-6-8-11-19(4)12-10-17-15(16-7-2)18-14(3)9-13-22(5,20)21/h14H,6-13H2,1-5H3,(H2,16,17,18). The Labute approximate surface area is 136 Å². The zero-order valence-electron chi connectivity index (χ0n) is 14.9. The predicted octanol–water partition coefficient (Wildman–Crippen LogP) is 1.10. The van der Waals surface area contributed by atoms with Crippen molar-refractivity contribution in [1.82, 2.24) is 15.5 Å². The minimum absolute atomic E-state index is 0.0744. The third-order valence-electron chi connectivity index (χ3n) is 3.29. The number of hydrogen-bond acceptors (Lipinski definition) is 4. The summed E-state index contributed by atoms with van der Waals surface area (Å²) in [6.45, 7) is 9.73. The van der Waals surface area contributed by atoms with Gasteiger partial charge >= 0.3 is 0 Å². The van der Waals surface area contributed by atoms with Crippen LogP contribution < -0.4 is 10.6 Å². The SMILES string of the molecule is CCCCN(C)CCN=C(NCC)NC(C)CCS(C)(=O)=O. The predicted molar refractivity (Wildman–Crippen MR) is 95.3 cm³/mol. The Morgan fingerprint density at radius 2 is 1.95 bits per heavy atom. The van der Waals surface area contributed by atoms with E-state index < -0.39 is 9.84 Å². The molecule has 0 aliphatic rings. The van der Waals surface area contributed by atoms with Crippen LogP contribution in [0, 0.1) is 0 Å². The maximum absolute atomic E-state index is 11.2. The highest BCUT2D eigenvalue weighted by Gasteiger charge is 2.09. The number of sulfone groups is 1. The Bertz CT molecular complexity index is 410. The summed E-state index contributed by atoms with van der Waals surface area (Å²) in [5.41, 5.74) is 0. The van der Waals surface area contributed by atoms with Gasteiger partial charge in [-0.05, 0) is 40.3 Å². The molecule has 0 aliphatic carbocycles. The average Bonchev–Trinajstić information content (AvgIpc) is 2.42. The van der Waals surface area contributed by atoms with Gasteiger partial charge in [-0.2, -0.15) is 0 Å². The van der Waals surface area contributed by atoms with Gasteiger partial charge in [0.25, 0.3) is 0 Å². The van der Waals surface area contributed by atoms with E-state index in [1.807, 2.05) is 13.8 Å². The van der Waals surface area contributed by atoms with Crippen LogP contribution in [0.5, 0.6) is 0 Å². The van der Waals surface area contributed by atoms with Crippen molar-refractivity contribution in [3.63, 3.8) is 0 Å². The van der Waals surface area contributed by atoms with E-state index in [9.17, 15) is 8.42 Å². The van der Waals surface area contributed by atoms with Crippen LogP contribution in [0.2, 0.25) is 0 Å². The molecule has 0 aromatic heterocycles. The normalized spacial score (nSPS) is 14.2. The van der Waals surface area contributed by atoms with Crippen LogP contribution in [0.4, 0.5) is 0 Å². The van der Waals surface area contributed by atoms with Gasteiger partial charge in [0.15, 0.2) is 5.96 Å². The number of hydrogen-bond donors (Lipinski definition) is 2. The van der Waals surface area contributed by atoms with Crippen molar-refractivity contribution < 1.29 is 8.42 Å². The molecule has 0 aliphatic heterocycles. The van der Waals surface area contributed by atoms with Crippen LogP contribution in [-0.4, -0.2) is 70.6 Å². The first kappa shape index (κ1) is 21.2. The Morgan fingerprint density at radius 1 is 1.27 bits per heavy atom. The molecule has 0 heterocycles. The number of nitrogens with one attached hydrogen (secondary N) is 2. The molecule has 0 saturated carbocycles. The zero-order chi connectivity index (χ0) is 17.0. The molecule has 2 N–H and O–H groups in total. The Hall–Kier alpha value is -0.820. The van der Waals surface area contributed by atoms with Crippen molar-refractivity contribution in [3.8, 4) is 0 Å². The molecule has 0 spiro atoms. The van der Waals surface area contributed by atoms with E-state index in [-0.39, 0.29) is 11.8 Å². The number of likely N-dealkylation sites (N-methyl/N-ethyl adjacent to an activating group) is 1. The first-order valence-electron chi connectivity index (χ1n) is 8.19. The second-order valence-corrected chi connectivity index (χ2v) is 8.14. The first-order chi connectivity index (χ1) is 10.3. The Balaban J connectivity index is 4.24. The van der Waals surface area contributed by atoms with Crippen molar-refractivity contribution in [2.75, 3.05) is 45.2 Å². The van der Waals surface area contributed by atoms with Crippen molar-refractivity contribution in [2.24, 2.45) is 4.99 Å². The molecular weight excluding hydrogens is 300 g/mol. The van der Waals surface area contributed by atoms with Gasteiger partial charge < -0.3 is 15.5 Å². The van der Waals surface area contributed by atoms with Crippen molar-refractivity contribution in [2.45, 2.75) is 46.1 Å². The van der Waals surface area contributed by atoms with Crippen molar-refractivity contribution in [1.29, 1.82) is 0 Å². The molecular formula is C15H34N4O2S. The quantitative estimate of drug-likeness (QED) is 0.437. The average molecular weight is 335 g/mol. The molecule has 0 saturated heterocycles. The molecule has 0 aromatic carbocycles. The summed E-state index contributed by atoms with van der Waals surface area (Å²) in [4.78, 5) is 6.83. The molecule has 0 rings (SSSR count). The van der Waals surface area contributed by atoms with E-state index in [1.165, 1.54) is 19.1 Å². The summed E-state index contributed by atoms with van der Waals surface area (Å²) in [5.74, 6) is 0.952. The number of unbranched alkanes of at least 4 members (excludes halogenated alkanes) is 1. The summed E-state index contributed by atoms with van der Waals surface area (Å²) >= 11 is 0. The third-order valence-corrected chi connectivity index (χ3v) is 4.27. The van der Waals surface area contributed by atoms with Crippen LogP contribution in [-0.2, 0) is 9.84 Å². The summed E-state index contributed by atoms with van der Waals surface area (Å²) in [5, 5.41) is 6.46. The van der Waals surface area contributed by atoms with Crippen LogP contribution in [0.15, 0.2) is 4.99 Å². The number of rotatable bonds is 11. The lowest BCUT2D eigenvalue weighted by Gasteiger charge is -2.18. The second-order valence-electron chi connectivity index (χ2n) is 5.88. The number of nitrogens with zero attached hydrogens (tertiary/aromatic N) is 2. The topological polar surface area (TPSA) is 73.8 Å². The van der Waals surface area contributed by atoms with Crippen LogP contribution in [0.25, 0.3) is 0 Å². The van der Waals surface area contributed by atoms with Crippen LogP contribution in [0.1, 0.15) is 40.0 Å². The van der Waals surface area contributed by atoms with Crippen LogP contribution in [0.3, 0.4) is 0 Å². The minimum atomic E-state index is -2.91. The van der Waals surface area contributed by atoms with E-state index in [0.29, 0.717) is 6.42 Å². The maximum Gasteiger partial charge on any atom is 0.191 e. The van der Waals surface area contributed by atoms with Gasteiger partial charge in [0, 0.05) is 25.4 Å². The van der Waals surface area contributed by atoms with Crippen molar-refractivity contribution >= 4 is 15.8 Å². The van der Waals surface area contributed by atoms with Gasteiger partial charge in [-0.15, -0.1) is 0 Å². The molecule has 0 amide bonds. The summed E-state index contributed by atoms with van der Waals surface area (Å²) in [7, 11) is -0.800. The highest BCUT2D eigenvalue weighted by molar-refractivity contribution is 7.90. The molecule has 0 aromatic rings. The Kier molecular flexibility index (Phi) is 11.3. The first-order valence-corrected chi connectivity index (χ1v) is 10.3. The van der Waals surface area contributed by atoms with Gasteiger partial charge in [0.1, 0.15) is 9.84 Å². The molecule has 0 fully saturated rings. The van der Waals surface area contributed by atoms with Gasteiger partial charge in [0.2, 0.25) is 0 Å². The van der Waals surface area contributed by atoms with E-state index in [1.54, 1.807) is 0 Å². The highest BCUT2D eigenvalue weighted by Crippen LogP contribution is 1.96. The van der Waals surface area contributed by atoms with Gasteiger partial charge in [-0.25, -0.2) is 8.42 Å². The number of aliphatic imine (C=N–C) groups is 1. The van der Waals surface area contributed by atoms with E-state index >= 15 is 0 Å². The number of guanidine groups is 1.